The Morgan fingerprint density at radius 2 is 2.25 bits per heavy atom. The van der Waals surface area contributed by atoms with Crippen molar-refractivity contribution in [1.82, 2.24) is 9.55 Å². The molecule has 1 aliphatic rings. The summed E-state index contributed by atoms with van der Waals surface area (Å²) >= 11 is 0. The Morgan fingerprint density at radius 3 is 2.83 bits per heavy atom. The number of aryl methyl sites for hydroxylation is 1. The number of benzene rings is 1. The summed E-state index contributed by atoms with van der Waals surface area (Å²) in [5, 5.41) is 21.8. The van der Waals surface area contributed by atoms with E-state index in [0.717, 1.165) is 0 Å². The van der Waals surface area contributed by atoms with Gasteiger partial charge in [-0.3, -0.25) is 14.9 Å². The van der Waals surface area contributed by atoms with Gasteiger partial charge >= 0.3 is 0 Å². The summed E-state index contributed by atoms with van der Waals surface area (Å²) in [6, 6.07) is 4.40. The highest BCUT2D eigenvalue weighted by atomic mass is 16.6. The highest BCUT2D eigenvalue weighted by Gasteiger charge is 2.34. The number of carbonyl (C=O) groups is 1. The standard InChI is InChI=1S/C16H18N4O4/c1-10(21)19-6-5-12(16(22)14-8-18(2)9-17-14)13-7-11(20(23)24)3-4-15(13)19/h3-4,7-9,12,16,22H,5-6H2,1-2H3. The van der Waals surface area contributed by atoms with E-state index in [1.54, 1.807) is 35.1 Å². The average Bonchev–Trinajstić information content (AvgIpc) is 2.98. The van der Waals surface area contributed by atoms with Gasteiger partial charge in [-0.05, 0) is 18.1 Å². The lowest BCUT2D eigenvalue weighted by molar-refractivity contribution is -0.384. The quantitative estimate of drug-likeness (QED) is 0.684. The fourth-order valence-corrected chi connectivity index (χ4v) is 3.19. The highest BCUT2D eigenvalue weighted by Crippen LogP contribution is 2.43. The van der Waals surface area contributed by atoms with Gasteiger partial charge in [0, 0.05) is 50.5 Å². The number of imidazole rings is 1. The van der Waals surface area contributed by atoms with Gasteiger partial charge in [0.1, 0.15) is 6.10 Å². The molecule has 0 radical (unpaired) electrons. The number of rotatable bonds is 3. The van der Waals surface area contributed by atoms with Crippen LogP contribution in [0.5, 0.6) is 0 Å². The molecule has 2 atom stereocenters. The molecule has 0 aliphatic carbocycles. The Bertz CT molecular complexity index is 801. The summed E-state index contributed by atoms with van der Waals surface area (Å²) in [4.78, 5) is 28.2. The Hall–Kier alpha value is -2.74. The van der Waals surface area contributed by atoms with Crippen molar-refractivity contribution in [3.63, 3.8) is 0 Å². The minimum Gasteiger partial charge on any atom is -0.386 e. The van der Waals surface area contributed by atoms with Crippen molar-refractivity contribution in [2.75, 3.05) is 11.4 Å². The van der Waals surface area contributed by atoms with Crippen molar-refractivity contribution in [3.8, 4) is 0 Å². The molecule has 0 saturated heterocycles. The first-order valence-corrected chi connectivity index (χ1v) is 7.61. The number of nitro benzene ring substituents is 1. The molecule has 24 heavy (non-hydrogen) atoms. The normalized spacial score (nSPS) is 18.1. The number of aromatic nitrogens is 2. The van der Waals surface area contributed by atoms with E-state index in [-0.39, 0.29) is 17.5 Å². The molecule has 2 aromatic rings. The van der Waals surface area contributed by atoms with Gasteiger partial charge in [0.15, 0.2) is 0 Å². The topological polar surface area (TPSA) is 102 Å². The molecule has 8 nitrogen and oxygen atoms in total. The monoisotopic (exact) mass is 330 g/mol. The zero-order chi connectivity index (χ0) is 17.4. The SMILES string of the molecule is CC(=O)N1CCC(C(O)c2cn(C)cn2)c2cc([N+](=O)[O-])ccc21. The van der Waals surface area contributed by atoms with E-state index >= 15 is 0 Å². The molecule has 0 bridgehead atoms. The number of non-ortho nitro benzene ring substituents is 1. The van der Waals surface area contributed by atoms with Gasteiger partial charge in [-0.15, -0.1) is 0 Å². The van der Waals surface area contributed by atoms with Crippen molar-refractivity contribution in [3.05, 3.63) is 52.1 Å². The Morgan fingerprint density at radius 1 is 1.50 bits per heavy atom. The summed E-state index contributed by atoms with van der Waals surface area (Å²) < 4.78 is 1.73. The molecule has 8 heteroatoms. The molecular formula is C16H18N4O4. The number of fused-ring (bicyclic) bond motifs is 1. The molecule has 2 unspecified atom stereocenters. The summed E-state index contributed by atoms with van der Waals surface area (Å²) in [5.41, 5.74) is 1.66. The lowest BCUT2D eigenvalue weighted by atomic mass is 9.84. The second-order valence-corrected chi connectivity index (χ2v) is 5.97. The second kappa shape index (κ2) is 6.04. The molecule has 0 spiro atoms. The number of aliphatic hydroxyl groups excluding tert-OH is 1. The maximum Gasteiger partial charge on any atom is 0.269 e. The first-order valence-electron chi connectivity index (χ1n) is 7.61. The van der Waals surface area contributed by atoms with E-state index in [1.165, 1.54) is 19.1 Å². The van der Waals surface area contributed by atoms with E-state index < -0.39 is 11.0 Å². The number of anilines is 1. The van der Waals surface area contributed by atoms with Crippen LogP contribution in [0.3, 0.4) is 0 Å². The van der Waals surface area contributed by atoms with E-state index in [2.05, 4.69) is 4.98 Å². The number of hydrogen-bond donors (Lipinski definition) is 1. The van der Waals surface area contributed by atoms with Gasteiger partial charge in [-0.1, -0.05) is 0 Å². The minimum absolute atomic E-state index is 0.0580. The zero-order valence-electron chi connectivity index (χ0n) is 13.4. The van der Waals surface area contributed by atoms with Crippen LogP contribution in [0.4, 0.5) is 11.4 Å². The van der Waals surface area contributed by atoms with E-state index in [0.29, 0.717) is 29.9 Å². The van der Waals surface area contributed by atoms with Gasteiger partial charge in [0.05, 0.1) is 16.9 Å². The van der Waals surface area contributed by atoms with Gasteiger partial charge < -0.3 is 14.6 Å². The van der Waals surface area contributed by atoms with Crippen molar-refractivity contribution in [2.45, 2.75) is 25.4 Å². The molecule has 126 valence electrons. The maximum atomic E-state index is 11.8. The van der Waals surface area contributed by atoms with Crippen LogP contribution in [0.25, 0.3) is 0 Å². The number of hydrogen-bond acceptors (Lipinski definition) is 5. The predicted octanol–water partition coefficient (Wildman–Crippen LogP) is 1.90. The summed E-state index contributed by atoms with van der Waals surface area (Å²) in [5.74, 6) is -0.485. The number of nitro groups is 1. The Kier molecular flexibility index (Phi) is 4.06. The molecule has 2 heterocycles. The fourth-order valence-electron chi connectivity index (χ4n) is 3.19. The smallest absolute Gasteiger partial charge is 0.269 e. The maximum absolute atomic E-state index is 11.8. The highest BCUT2D eigenvalue weighted by molar-refractivity contribution is 5.93. The molecule has 1 aliphatic heterocycles. The second-order valence-electron chi connectivity index (χ2n) is 5.97. The molecular weight excluding hydrogens is 312 g/mol. The first-order chi connectivity index (χ1) is 11.4. The first kappa shape index (κ1) is 16.1. The lowest BCUT2D eigenvalue weighted by Gasteiger charge is -2.35. The van der Waals surface area contributed by atoms with Crippen LogP contribution in [0.1, 0.15) is 36.6 Å². The molecule has 1 amide bonds. The Balaban J connectivity index is 2.06. The molecule has 1 aromatic heterocycles. The van der Waals surface area contributed by atoms with Crippen LogP contribution in [0.15, 0.2) is 30.7 Å². The van der Waals surface area contributed by atoms with E-state index in [4.69, 9.17) is 0 Å². The number of amides is 1. The number of nitrogens with zero attached hydrogens (tertiary/aromatic N) is 4. The fraction of sp³-hybridized carbons (Fsp3) is 0.375. The van der Waals surface area contributed by atoms with Crippen LogP contribution in [-0.4, -0.2) is 32.0 Å². The van der Waals surface area contributed by atoms with Crippen molar-refractivity contribution < 1.29 is 14.8 Å². The summed E-state index contributed by atoms with van der Waals surface area (Å²) in [6.45, 7) is 1.91. The van der Waals surface area contributed by atoms with Gasteiger partial charge in [-0.25, -0.2) is 4.98 Å². The van der Waals surface area contributed by atoms with Gasteiger partial charge in [0.2, 0.25) is 5.91 Å². The Labute approximate surface area is 138 Å². The van der Waals surface area contributed by atoms with Crippen LogP contribution in [-0.2, 0) is 11.8 Å². The van der Waals surface area contributed by atoms with Crippen LogP contribution in [0, 0.1) is 10.1 Å². The molecule has 3 rings (SSSR count). The van der Waals surface area contributed by atoms with E-state index in [9.17, 15) is 20.0 Å². The van der Waals surface area contributed by atoms with Gasteiger partial charge in [0.25, 0.3) is 5.69 Å². The van der Waals surface area contributed by atoms with Gasteiger partial charge in [-0.2, -0.15) is 0 Å². The third kappa shape index (κ3) is 2.76. The lowest BCUT2D eigenvalue weighted by Crippen LogP contribution is -2.36. The van der Waals surface area contributed by atoms with Crippen molar-refractivity contribution in [2.24, 2.45) is 7.05 Å². The van der Waals surface area contributed by atoms with E-state index in [1.807, 2.05) is 0 Å². The molecule has 1 N–H and O–H groups in total. The molecule has 0 fully saturated rings. The third-order valence-corrected chi connectivity index (χ3v) is 4.37. The largest absolute Gasteiger partial charge is 0.386 e. The summed E-state index contributed by atoms with van der Waals surface area (Å²) in [6.07, 6.45) is 2.93. The van der Waals surface area contributed by atoms with Crippen LogP contribution < -0.4 is 4.90 Å². The number of carbonyl (C=O) groups excluding carboxylic acids is 1. The predicted molar refractivity (Wildman–Crippen MR) is 86.6 cm³/mol. The summed E-state index contributed by atoms with van der Waals surface area (Å²) in [7, 11) is 1.81. The molecule has 0 saturated carbocycles. The third-order valence-electron chi connectivity index (χ3n) is 4.37. The average molecular weight is 330 g/mol. The zero-order valence-corrected chi connectivity index (χ0v) is 13.4. The minimum atomic E-state index is -0.888. The van der Waals surface area contributed by atoms with Crippen LogP contribution >= 0.6 is 0 Å². The van der Waals surface area contributed by atoms with Crippen molar-refractivity contribution >= 4 is 17.3 Å². The van der Waals surface area contributed by atoms with Crippen LogP contribution in [0.2, 0.25) is 0 Å². The molecule has 1 aromatic carbocycles. The van der Waals surface area contributed by atoms with Crippen molar-refractivity contribution in [1.29, 1.82) is 0 Å². The number of aliphatic hydroxyl groups is 1.